The molecule has 2 saturated carbocycles. The average Bonchev–Trinajstić information content (AvgIpc) is 4.41. The number of ether oxygens (including phenoxy) is 4. The molecule has 2 fully saturated rings. The molecule has 12 nitrogen and oxygen atoms in total. The van der Waals surface area contributed by atoms with Gasteiger partial charge >= 0.3 is 11.9 Å². The van der Waals surface area contributed by atoms with Crippen molar-refractivity contribution >= 4 is 11.9 Å². The van der Waals surface area contributed by atoms with Crippen LogP contribution in [0.3, 0.4) is 0 Å². The van der Waals surface area contributed by atoms with E-state index in [0.29, 0.717) is 34.7 Å². The third-order valence-electron chi connectivity index (χ3n) is 17.0. The summed E-state index contributed by atoms with van der Waals surface area (Å²) in [6, 6.07) is 28.1. The van der Waals surface area contributed by atoms with Crippen molar-refractivity contribution in [2.24, 2.45) is 23.7 Å². The summed E-state index contributed by atoms with van der Waals surface area (Å²) in [5, 5.41) is 19.4. The molecule has 6 aromatic rings. The number of benzene rings is 4. The Bertz CT molecular complexity index is 2950. The fourth-order valence-corrected chi connectivity index (χ4v) is 11.6. The maximum atomic E-state index is 14.9. The molecule has 0 bridgehead atoms. The summed E-state index contributed by atoms with van der Waals surface area (Å²) in [5.74, 6) is 0.0502. The van der Waals surface area contributed by atoms with Gasteiger partial charge in [0.2, 0.25) is 11.8 Å². The molecule has 8 atom stereocenters. The number of aromatic nitrogens is 2. The summed E-state index contributed by atoms with van der Waals surface area (Å²) < 4.78 is 53.6. The zero-order valence-corrected chi connectivity index (χ0v) is 46.6. The van der Waals surface area contributed by atoms with Crippen LogP contribution in [0.1, 0.15) is 147 Å². The third-order valence-corrected chi connectivity index (χ3v) is 17.0. The van der Waals surface area contributed by atoms with Gasteiger partial charge in [-0.15, -0.1) is 0 Å². The Balaban J connectivity index is 0.000000190. The first kappa shape index (κ1) is 55.8. The number of carbonyl (C=O) groups is 2. The first-order chi connectivity index (χ1) is 37.3. The highest BCUT2D eigenvalue weighted by molar-refractivity contribution is 5.73. The molecule has 4 aromatic carbocycles. The molecule has 2 aliphatic carbocycles. The topological polar surface area (TPSA) is 144 Å². The van der Waals surface area contributed by atoms with E-state index in [1.807, 2.05) is 66.3 Å². The molecule has 412 valence electrons. The SMILES string of the molecule is COc1cc(-c2ccc(C3CCc4ccc([C@H](C5CC5)[C@H](C)C(=O)O)cc4O3)cc2[C@@H](C)N(C)C)c(F)cn1.COc1cc(-c2ccc(C3CCc4ccc([C@H](C5CC5)[C@H](C)C(=O)O)cc4O3)cc2[C@H](C)N(C)C)c(F)cn1. The van der Waals surface area contributed by atoms with Gasteiger partial charge in [0.25, 0.3) is 0 Å². The number of methoxy groups -OCH3 is 2. The van der Waals surface area contributed by atoms with E-state index >= 15 is 0 Å². The molecule has 2 aliphatic heterocycles. The van der Waals surface area contributed by atoms with Crippen LogP contribution in [-0.4, -0.2) is 84.3 Å². The van der Waals surface area contributed by atoms with E-state index in [0.717, 1.165) is 119 Å². The molecule has 2 N–H and O–H groups in total. The maximum Gasteiger partial charge on any atom is 0.306 e. The summed E-state index contributed by atoms with van der Waals surface area (Å²) in [7, 11) is 11.1. The summed E-state index contributed by atoms with van der Waals surface area (Å²) >= 11 is 0. The second-order valence-electron chi connectivity index (χ2n) is 22.4. The molecule has 0 radical (unpaired) electrons. The number of aliphatic carboxylic acids is 2. The van der Waals surface area contributed by atoms with Crippen molar-refractivity contribution < 1.29 is 47.5 Å². The summed E-state index contributed by atoms with van der Waals surface area (Å²) in [6.07, 6.45) is 9.81. The van der Waals surface area contributed by atoms with Gasteiger partial charge in [-0.25, -0.2) is 18.7 Å². The Morgan fingerprint density at radius 1 is 0.551 bits per heavy atom. The molecular formula is C64H74F2N4O8. The van der Waals surface area contributed by atoms with Crippen LogP contribution in [0.2, 0.25) is 0 Å². The molecule has 10 rings (SSSR count). The fourth-order valence-electron chi connectivity index (χ4n) is 11.6. The summed E-state index contributed by atoms with van der Waals surface area (Å²) in [6.45, 7) is 7.82. The zero-order chi connectivity index (χ0) is 55.7. The molecule has 0 amide bonds. The molecule has 4 heterocycles. The highest BCUT2D eigenvalue weighted by Crippen LogP contribution is 2.50. The van der Waals surface area contributed by atoms with Crippen LogP contribution < -0.4 is 18.9 Å². The van der Waals surface area contributed by atoms with Crippen molar-refractivity contribution in [1.82, 2.24) is 19.8 Å². The van der Waals surface area contributed by atoms with Crippen molar-refractivity contribution in [1.29, 1.82) is 0 Å². The molecule has 4 aliphatic rings. The van der Waals surface area contributed by atoms with Gasteiger partial charge in [-0.05, 0) is 197 Å². The first-order valence-electron chi connectivity index (χ1n) is 27.4. The van der Waals surface area contributed by atoms with E-state index in [1.54, 1.807) is 12.1 Å². The van der Waals surface area contributed by atoms with Crippen molar-refractivity contribution in [3.8, 4) is 45.5 Å². The van der Waals surface area contributed by atoms with E-state index in [9.17, 15) is 28.6 Å². The number of carboxylic acids is 2. The van der Waals surface area contributed by atoms with Crippen LogP contribution in [0.15, 0.2) is 97.3 Å². The van der Waals surface area contributed by atoms with E-state index in [2.05, 4.69) is 82.1 Å². The van der Waals surface area contributed by atoms with Gasteiger partial charge in [0, 0.05) is 35.3 Å². The molecule has 0 spiro atoms. The number of carboxylic acid groups (broad SMARTS) is 2. The Morgan fingerprint density at radius 2 is 0.936 bits per heavy atom. The van der Waals surface area contributed by atoms with Crippen LogP contribution in [-0.2, 0) is 22.4 Å². The zero-order valence-electron chi connectivity index (χ0n) is 46.6. The quantitative estimate of drug-likeness (QED) is 0.0845. The van der Waals surface area contributed by atoms with E-state index in [4.69, 9.17) is 18.9 Å². The lowest BCUT2D eigenvalue weighted by molar-refractivity contribution is -0.143. The summed E-state index contributed by atoms with van der Waals surface area (Å²) in [5.41, 5.74) is 11.0. The van der Waals surface area contributed by atoms with Gasteiger partial charge in [0.05, 0.1) is 38.4 Å². The van der Waals surface area contributed by atoms with Gasteiger partial charge in [-0.2, -0.15) is 0 Å². The second kappa shape index (κ2) is 23.6. The standard InChI is InChI=1S/2C32H37FN2O4/c2*1-18(32(36)37)31(21-7-8-21)23-9-6-20-11-13-28(39-29(20)15-23)22-10-12-24(25(14-22)19(2)35(3)4)26-16-30(38-5)34-17-27(26)33/h2*6,9-10,12,14-19,21,28,31H,7-8,11,13H2,1-5H3,(H,36,37)/t18-,19+,28?,31-;18-,19-,28?,31-/m00/s1. The Morgan fingerprint density at radius 3 is 1.27 bits per heavy atom. The van der Waals surface area contributed by atoms with Gasteiger partial charge in [0.15, 0.2) is 0 Å². The number of rotatable bonds is 18. The largest absolute Gasteiger partial charge is 0.485 e. The minimum atomic E-state index is -0.755. The number of aryl methyl sites for hydroxylation is 2. The van der Waals surface area contributed by atoms with Gasteiger partial charge < -0.3 is 39.0 Å². The Hall–Kier alpha value is -6.90. The number of hydrogen-bond donors (Lipinski definition) is 2. The Kier molecular flexibility index (Phi) is 16.9. The monoisotopic (exact) mass is 1060 g/mol. The van der Waals surface area contributed by atoms with E-state index in [-0.39, 0.29) is 36.1 Å². The van der Waals surface area contributed by atoms with Crippen LogP contribution in [0.5, 0.6) is 23.3 Å². The minimum Gasteiger partial charge on any atom is -0.485 e. The van der Waals surface area contributed by atoms with Crippen molar-refractivity contribution in [2.75, 3.05) is 42.4 Å². The molecule has 2 aromatic heterocycles. The van der Waals surface area contributed by atoms with Crippen molar-refractivity contribution in [2.45, 2.75) is 115 Å². The number of pyridine rings is 2. The van der Waals surface area contributed by atoms with Gasteiger partial charge in [-0.1, -0.05) is 62.4 Å². The number of nitrogens with zero attached hydrogens (tertiary/aromatic N) is 4. The van der Waals surface area contributed by atoms with E-state index in [1.165, 1.54) is 26.6 Å². The average molecular weight is 1070 g/mol. The predicted molar refractivity (Wildman–Crippen MR) is 297 cm³/mol. The fraction of sp³-hybridized carbons (Fsp3) is 0.438. The minimum absolute atomic E-state index is 0.00384. The summed E-state index contributed by atoms with van der Waals surface area (Å²) in [4.78, 5) is 35.9. The highest BCUT2D eigenvalue weighted by atomic mass is 19.1. The molecule has 78 heavy (non-hydrogen) atoms. The lowest BCUT2D eigenvalue weighted by Crippen LogP contribution is -2.22. The molecule has 14 heteroatoms. The number of halogens is 2. The highest BCUT2D eigenvalue weighted by Gasteiger charge is 2.41. The smallest absolute Gasteiger partial charge is 0.306 e. The lowest BCUT2D eigenvalue weighted by atomic mass is 9.82. The predicted octanol–water partition coefficient (Wildman–Crippen LogP) is 13.6. The number of hydrogen-bond acceptors (Lipinski definition) is 10. The molecule has 0 saturated heterocycles. The normalized spacial score (nSPS) is 19.1. The van der Waals surface area contributed by atoms with Crippen molar-refractivity contribution in [3.63, 3.8) is 0 Å². The second-order valence-corrected chi connectivity index (χ2v) is 22.4. The van der Waals surface area contributed by atoms with Crippen LogP contribution in [0, 0.1) is 35.3 Å². The third kappa shape index (κ3) is 12.0. The maximum absolute atomic E-state index is 14.9. The van der Waals surface area contributed by atoms with E-state index < -0.39 is 35.4 Å². The van der Waals surface area contributed by atoms with Crippen molar-refractivity contribution in [3.05, 3.63) is 153 Å². The van der Waals surface area contributed by atoms with Gasteiger partial charge in [-0.3, -0.25) is 9.59 Å². The lowest BCUT2D eigenvalue weighted by Gasteiger charge is -2.30. The van der Waals surface area contributed by atoms with Gasteiger partial charge in [0.1, 0.15) is 35.3 Å². The van der Waals surface area contributed by atoms with Crippen LogP contribution in [0.25, 0.3) is 22.3 Å². The first-order valence-corrected chi connectivity index (χ1v) is 27.4. The van der Waals surface area contributed by atoms with Crippen LogP contribution >= 0.6 is 0 Å². The number of fused-ring (bicyclic) bond motifs is 2. The molecule has 2 unspecified atom stereocenters. The van der Waals surface area contributed by atoms with Crippen LogP contribution in [0.4, 0.5) is 8.78 Å². The molecular weight excluding hydrogens is 991 g/mol. The Labute approximate surface area is 457 Å².